The van der Waals surface area contributed by atoms with Crippen LogP contribution in [0.4, 0.5) is 10.5 Å². The van der Waals surface area contributed by atoms with Crippen LogP contribution >= 0.6 is 0 Å². The van der Waals surface area contributed by atoms with Gasteiger partial charge in [0.25, 0.3) is 0 Å². The van der Waals surface area contributed by atoms with Crippen LogP contribution in [0.25, 0.3) is 0 Å². The van der Waals surface area contributed by atoms with Gasteiger partial charge in [-0.25, -0.2) is 14.5 Å². The molecule has 1 aromatic carbocycles. The zero-order valence-electron chi connectivity index (χ0n) is 13.0. The van der Waals surface area contributed by atoms with E-state index >= 15 is 0 Å². The van der Waals surface area contributed by atoms with Crippen molar-refractivity contribution in [3.8, 4) is 0 Å². The Morgan fingerprint density at radius 3 is 3.14 bits per heavy atom. The molecule has 2 aromatic rings. The van der Waals surface area contributed by atoms with E-state index in [1.54, 1.807) is 0 Å². The van der Waals surface area contributed by atoms with Gasteiger partial charge in [-0.15, -0.1) is 0 Å². The molecular formula is C16H21N5O. The van der Waals surface area contributed by atoms with Gasteiger partial charge in [0.05, 0.1) is 12.6 Å². The normalized spacial score (nSPS) is 16.9. The minimum atomic E-state index is -0.168. The van der Waals surface area contributed by atoms with E-state index in [9.17, 15) is 4.79 Å². The van der Waals surface area contributed by atoms with Crippen molar-refractivity contribution in [1.29, 1.82) is 0 Å². The van der Waals surface area contributed by atoms with E-state index in [0.29, 0.717) is 6.54 Å². The first-order valence-electron chi connectivity index (χ1n) is 7.71. The maximum absolute atomic E-state index is 12.1. The fraction of sp³-hybridized carbons (Fsp3) is 0.438. The van der Waals surface area contributed by atoms with Crippen LogP contribution < -0.4 is 10.6 Å². The second-order valence-corrected chi connectivity index (χ2v) is 5.65. The number of nitrogens with one attached hydrogen (secondary N) is 2. The van der Waals surface area contributed by atoms with Gasteiger partial charge in [-0.3, -0.25) is 0 Å². The summed E-state index contributed by atoms with van der Waals surface area (Å²) < 4.78 is 1.89. The van der Waals surface area contributed by atoms with E-state index in [1.807, 2.05) is 29.8 Å². The van der Waals surface area contributed by atoms with Gasteiger partial charge in [0, 0.05) is 12.1 Å². The Kier molecular flexibility index (Phi) is 4.09. The summed E-state index contributed by atoms with van der Waals surface area (Å²) in [5.41, 5.74) is 2.03. The zero-order chi connectivity index (χ0) is 15.5. The molecule has 6 heteroatoms. The molecule has 0 bridgehead atoms. The molecule has 1 aliphatic heterocycles. The smallest absolute Gasteiger partial charge is 0.319 e. The Hall–Kier alpha value is -2.37. The average Bonchev–Trinajstić information content (AvgIpc) is 2.86. The van der Waals surface area contributed by atoms with Gasteiger partial charge in [-0.05, 0) is 37.5 Å². The van der Waals surface area contributed by atoms with E-state index in [0.717, 1.165) is 36.6 Å². The first kappa shape index (κ1) is 14.6. The lowest BCUT2D eigenvalue weighted by atomic mass is 10.1. The number of aryl methyl sites for hydroxylation is 3. The van der Waals surface area contributed by atoms with Crippen LogP contribution in [0.15, 0.2) is 24.3 Å². The Labute approximate surface area is 129 Å². The highest BCUT2D eigenvalue weighted by molar-refractivity contribution is 5.89. The summed E-state index contributed by atoms with van der Waals surface area (Å²) in [4.78, 5) is 16.5. The molecule has 0 radical (unpaired) electrons. The van der Waals surface area contributed by atoms with Crippen molar-refractivity contribution in [1.82, 2.24) is 20.1 Å². The maximum Gasteiger partial charge on any atom is 0.319 e. The molecule has 0 unspecified atom stereocenters. The number of amides is 2. The largest absolute Gasteiger partial charge is 0.333 e. The summed E-state index contributed by atoms with van der Waals surface area (Å²) in [5.74, 6) is 1.79. The fourth-order valence-corrected chi connectivity index (χ4v) is 2.77. The van der Waals surface area contributed by atoms with Crippen LogP contribution in [0.3, 0.4) is 0 Å². The number of nitrogens with zero attached hydrogens (tertiary/aromatic N) is 3. The van der Waals surface area contributed by atoms with Crippen molar-refractivity contribution >= 4 is 11.7 Å². The average molecular weight is 299 g/mol. The van der Waals surface area contributed by atoms with E-state index in [2.05, 4.69) is 33.7 Å². The van der Waals surface area contributed by atoms with Gasteiger partial charge < -0.3 is 10.6 Å². The molecule has 3 rings (SSSR count). The van der Waals surface area contributed by atoms with Gasteiger partial charge in [0.1, 0.15) is 11.6 Å². The third-order valence-corrected chi connectivity index (χ3v) is 3.89. The van der Waals surface area contributed by atoms with E-state index < -0.39 is 0 Å². The fourth-order valence-electron chi connectivity index (χ4n) is 2.77. The molecule has 116 valence electrons. The van der Waals surface area contributed by atoms with Crippen LogP contribution in [0, 0.1) is 6.92 Å². The number of hydrogen-bond donors (Lipinski definition) is 2. The second-order valence-electron chi connectivity index (χ2n) is 5.65. The molecule has 0 aliphatic carbocycles. The zero-order valence-corrected chi connectivity index (χ0v) is 13.0. The number of carbonyl (C=O) groups is 1. The highest BCUT2D eigenvalue weighted by Gasteiger charge is 2.22. The van der Waals surface area contributed by atoms with Crippen LogP contribution in [0.5, 0.6) is 0 Å². The van der Waals surface area contributed by atoms with Crippen molar-refractivity contribution in [2.24, 2.45) is 0 Å². The second kappa shape index (κ2) is 6.17. The summed E-state index contributed by atoms with van der Waals surface area (Å²) >= 11 is 0. The van der Waals surface area contributed by atoms with E-state index in [-0.39, 0.29) is 12.1 Å². The van der Waals surface area contributed by atoms with E-state index in [4.69, 9.17) is 0 Å². The molecule has 2 heterocycles. The summed E-state index contributed by atoms with van der Waals surface area (Å²) in [7, 11) is 0. The molecule has 22 heavy (non-hydrogen) atoms. The predicted octanol–water partition coefficient (Wildman–Crippen LogP) is 2.29. The Bertz CT molecular complexity index is 679. The molecule has 1 aliphatic rings. The van der Waals surface area contributed by atoms with Gasteiger partial charge >= 0.3 is 6.03 Å². The van der Waals surface area contributed by atoms with Gasteiger partial charge in [0.2, 0.25) is 0 Å². The molecule has 6 nitrogen and oxygen atoms in total. The summed E-state index contributed by atoms with van der Waals surface area (Å²) in [6.07, 6.45) is 2.69. The van der Waals surface area contributed by atoms with Crippen LogP contribution in [0.1, 0.15) is 30.6 Å². The lowest BCUT2D eigenvalue weighted by Crippen LogP contribution is -2.43. The number of carbonyl (C=O) groups excluding carboxylic acids is 1. The van der Waals surface area contributed by atoms with Crippen LogP contribution in [-0.2, 0) is 19.4 Å². The first-order chi connectivity index (χ1) is 10.6. The molecule has 0 saturated heterocycles. The SMILES string of the molecule is CCc1cccc(NC(=O)N[C@H]2CCc3nc(C)nn3C2)c1. The lowest BCUT2D eigenvalue weighted by molar-refractivity contribution is 0.243. The summed E-state index contributed by atoms with van der Waals surface area (Å²) in [6.45, 7) is 4.67. The number of fused-ring (bicyclic) bond motifs is 1. The lowest BCUT2D eigenvalue weighted by Gasteiger charge is -2.23. The van der Waals surface area contributed by atoms with Gasteiger partial charge in [-0.2, -0.15) is 5.10 Å². The number of benzene rings is 1. The number of rotatable bonds is 3. The Balaban J connectivity index is 1.58. The maximum atomic E-state index is 12.1. The Morgan fingerprint density at radius 1 is 1.45 bits per heavy atom. The molecule has 1 atom stereocenters. The Morgan fingerprint density at radius 2 is 2.32 bits per heavy atom. The quantitative estimate of drug-likeness (QED) is 0.913. The minimum Gasteiger partial charge on any atom is -0.333 e. The predicted molar refractivity (Wildman–Crippen MR) is 84.8 cm³/mol. The third-order valence-electron chi connectivity index (χ3n) is 3.89. The van der Waals surface area contributed by atoms with Gasteiger partial charge in [0.15, 0.2) is 0 Å². The van der Waals surface area contributed by atoms with Crippen LogP contribution in [-0.4, -0.2) is 26.8 Å². The monoisotopic (exact) mass is 299 g/mol. The molecular weight excluding hydrogens is 278 g/mol. The number of hydrogen-bond acceptors (Lipinski definition) is 3. The molecule has 0 spiro atoms. The number of aromatic nitrogens is 3. The highest BCUT2D eigenvalue weighted by Crippen LogP contribution is 2.14. The molecule has 2 N–H and O–H groups in total. The molecule has 0 fully saturated rings. The summed E-state index contributed by atoms with van der Waals surface area (Å²) in [5, 5.41) is 10.3. The van der Waals surface area contributed by atoms with Crippen molar-refractivity contribution in [2.45, 2.75) is 45.7 Å². The topological polar surface area (TPSA) is 71.8 Å². The van der Waals surface area contributed by atoms with Crippen LogP contribution in [0.2, 0.25) is 0 Å². The van der Waals surface area contributed by atoms with Crippen molar-refractivity contribution in [3.05, 3.63) is 41.5 Å². The van der Waals surface area contributed by atoms with Crippen molar-refractivity contribution < 1.29 is 4.79 Å². The number of urea groups is 1. The minimum absolute atomic E-state index is 0.0861. The molecule has 0 saturated carbocycles. The van der Waals surface area contributed by atoms with E-state index in [1.165, 1.54) is 5.56 Å². The first-order valence-corrected chi connectivity index (χ1v) is 7.71. The molecule has 1 aromatic heterocycles. The highest BCUT2D eigenvalue weighted by atomic mass is 16.2. The van der Waals surface area contributed by atoms with Gasteiger partial charge in [-0.1, -0.05) is 19.1 Å². The summed E-state index contributed by atoms with van der Waals surface area (Å²) in [6, 6.07) is 7.83. The van der Waals surface area contributed by atoms with Crippen molar-refractivity contribution in [2.75, 3.05) is 5.32 Å². The van der Waals surface area contributed by atoms with Crippen molar-refractivity contribution in [3.63, 3.8) is 0 Å². The number of anilines is 1. The molecule has 2 amide bonds. The standard InChI is InChI=1S/C16H21N5O/c1-3-12-5-4-6-13(9-12)18-16(22)19-14-7-8-15-17-11(2)20-21(15)10-14/h4-6,9,14H,3,7-8,10H2,1-2H3,(H2,18,19,22)/t14-/m0/s1. The third kappa shape index (κ3) is 3.27.